The Morgan fingerprint density at radius 2 is 1.78 bits per heavy atom. The Bertz CT molecular complexity index is 993. The van der Waals surface area contributed by atoms with Gasteiger partial charge in [0, 0.05) is 6.07 Å². The summed E-state index contributed by atoms with van der Waals surface area (Å²) in [5.41, 5.74) is 0.439. The normalized spacial score (nSPS) is 10.5. The minimum absolute atomic E-state index is 0.163. The molecule has 0 aliphatic carbocycles. The number of hydrogen-bond acceptors (Lipinski definition) is 4. The maximum atomic E-state index is 12.3. The van der Waals surface area contributed by atoms with E-state index in [1.54, 1.807) is 12.1 Å². The second-order valence-electron chi connectivity index (χ2n) is 5.62. The first-order chi connectivity index (χ1) is 13.0. The van der Waals surface area contributed by atoms with E-state index in [0.29, 0.717) is 28.0 Å². The van der Waals surface area contributed by atoms with Gasteiger partial charge < -0.3 is 19.5 Å². The summed E-state index contributed by atoms with van der Waals surface area (Å²) in [5.74, 6) is 1.15. The van der Waals surface area contributed by atoms with E-state index in [2.05, 4.69) is 21.2 Å². The quantitative estimate of drug-likeness (QED) is 0.554. The molecule has 7 heteroatoms. The minimum atomic E-state index is -0.338. The van der Waals surface area contributed by atoms with E-state index in [0.717, 1.165) is 15.2 Å². The van der Waals surface area contributed by atoms with Crippen LogP contribution in [-0.2, 0) is 4.79 Å². The van der Waals surface area contributed by atoms with Crippen molar-refractivity contribution in [3.8, 4) is 17.2 Å². The van der Waals surface area contributed by atoms with Crippen LogP contribution in [0.25, 0.3) is 10.8 Å². The fourth-order valence-corrected chi connectivity index (χ4v) is 3.46. The average molecular weight is 451 g/mol. The molecule has 0 unspecified atom stereocenters. The smallest absolute Gasteiger partial charge is 0.262 e. The van der Waals surface area contributed by atoms with Crippen molar-refractivity contribution in [2.24, 2.45) is 0 Å². The lowest BCUT2D eigenvalue weighted by atomic mass is 10.1. The third kappa shape index (κ3) is 4.28. The molecule has 0 aliphatic heterocycles. The van der Waals surface area contributed by atoms with E-state index in [4.69, 9.17) is 25.8 Å². The monoisotopic (exact) mass is 449 g/mol. The number of amides is 1. The number of carbonyl (C=O) groups excluding carboxylic acids is 1. The van der Waals surface area contributed by atoms with Gasteiger partial charge in [0.15, 0.2) is 6.61 Å². The predicted octanol–water partition coefficient (Wildman–Crippen LogP) is 5.29. The van der Waals surface area contributed by atoms with Gasteiger partial charge in [-0.3, -0.25) is 4.79 Å². The molecule has 3 aromatic rings. The Hall–Kier alpha value is -2.44. The fourth-order valence-electron chi connectivity index (χ4n) is 2.61. The highest BCUT2D eigenvalue weighted by atomic mass is 79.9. The SMILES string of the molecule is COc1cc(OC)c(NC(=O)COc2ccc3ccccc3c2Br)cc1Cl. The zero-order chi connectivity index (χ0) is 19.4. The number of hydrogen-bond donors (Lipinski definition) is 1. The molecule has 1 amide bonds. The van der Waals surface area contributed by atoms with Crippen LogP contribution in [-0.4, -0.2) is 26.7 Å². The highest BCUT2D eigenvalue weighted by molar-refractivity contribution is 9.10. The van der Waals surface area contributed by atoms with E-state index in [1.165, 1.54) is 14.2 Å². The van der Waals surface area contributed by atoms with Gasteiger partial charge in [-0.1, -0.05) is 41.9 Å². The number of methoxy groups -OCH3 is 2. The third-order valence-electron chi connectivity index (χ3n) is 3.93. The predicted molar refractivity (Wildman–Crippen MR) is 110 cm³/mol. The molecule has 1 N–H and O–H groups in total. The summed E-state index contributed by atoms with van der Waals surface area (Å²) in [4.78, 5) is 12.3. The lowest BCUT2D eigenvalue weighted by Crippen LogP contribution is -2.20. The Balaban J connectivity index is 1.72. The summed E-state index contributed by atoms with van der Waals surface area (Å²) in [6, 6.07) is 14.9. The number of anilines is 1. The molecule has 0 saturated heterocycles. The van der Waals surface area contributed by atoms with Crippen LogP contribution in [0.3, 0.4) is 0 Å². The average Bonchev–Trinajstić information content (AvgIpc) is 2.68. The Labute approximate surface area is 170 Å². The molecule has 0 spiro atoms. The summed E-state index contributed by atoms with van der Waals surface area (Å²) in [6.07, 6.45) is 0. The highest BCUT2D eigenvalue weighted by Gasteiger charge is 2.14. The van der Waals surface area contributed by atoms with Gasteiger partial charge >= 0.3 is 0 Å². The maximum Gasteiger partial charge on any atom is 0.262 e. The molecule has 0 heterocycles. The molecule has 0 saturated carbocycles. The van der Waals surface area contributed by atoms with Crippen LogP contribution in [0.5, 0.6) is 17.2 Å². The number of halogens is 2. The van der Waals surface area contributed by atoms with Gasteiger partial charge in [-0.2, -0.15) is 0 Å². The van der Waals surface area contributed by atoms with Gasteiger partial charge in [0.25, 0.3) is 5.91 Å². The largest absolute Gasteiger partial charge is 0.495 e. The molecule has 0 bridgehead atoms. The van der Waals surface area contributed by atoms with Gasteiger partial charge in [0.1, 0.15) is 17.2 Å². The summed E-state index contributed by atoms with van der Waals surface area (Å²) in [6.45, 7) is -0.163. The Morgan fingerprint density at radius 3 is 2.52 bits per heavy atom. The second-order valence-corrected chi connectivity index (χ2v) is 6.82. The standard InChI is InChI=1S/C20H17BrClNO4/c1-25-17-10-18(26-2)15(9-14(17)22)23-19(24)11-27-16-8-7-12-5-3-4-6-13(12)20(16)21/h3-10H,11H2,1-2H3,(H,23,24). The minimum Gasteiger partial charge on any atom is -0.495 e. The van der Waals surface area contributed by atoms with Crippen LogP contribution in [0, 0.1) is 0 Å². The van der Waals surface area contributed by atoms with Crippen molar-refractivity contribution >= 4 is 49.9 Å². The molecule has 3 aromatic carbocycles. The van der Waals surface area contributed by atoms with Gasteiger partial charge in [-0.05, 0) is 38.8 Å². The molecule has 0 fully saturated rings. The second kappa shape index (κ2) is 8.50. The van der Waals surface area contributed by atoms with E-state index in [-0.39, 0.29) is 12.5 Å². The van der Waals surface area contributed by atoms with Crippen LogP contribution in [0.1, 0.15) is 0 Å². The molecule has 5 nitrogen and oxygen atoms in total. The van der Waals surface area contributed by atoms with E-state index >= 15 is 0 Å². The molecule has 3 rings (SSSR count). The van der Waals surface area contributed by atoms with Gasteiger partial charge in [-0.25, -0.2) is 0 Å². The molecule has 140 valence electrons. The van der Waals surface area contributed by atoms with Crippen LogP contribution < -0.4 is 19.5 Å². The molecular formula is C20H17BrClNO4. The zero-order valence-corrected chi connectivity index (χ0v) is 17.1. The summed E-state index contributed by atoms with van der Waals surface area (Å²) in [7, 11) is 3.01. The molecule has 27 heavy (non-hydrogen) atoms. The van der Waals surface area contributed by atoms with Crippen LogP contribution in [0.15, 0.2) is 53.0 Å². The number of nitrogens with one attached hydrogen (secondary N) is 1. The molecule has 0 atom stereocenters. The first-order valence-electron chi connectivity index (χ1n) is 8.05. The van der Waals surface area contributed by atoms with Crippen molar-refractivity contribution in [1.82, 2.24) is 0 Å². The summed E-state index contributed by atoms with van der Waals surface area (Å²) in [5, 5.41) is 5.20. The first-order valence-corrected chi connectivity index (χ1v) is 9.22. The van der Waals surface area contributed by atoms with Crippen molar-refractivity contribution < 1.29 is 19.0 Å². The van der Waals surface area contributed by atoms with E-state index in [1.807, 2.05) is 36.4 Å². The van der Waals surface area contributed by atoms with Crippen LogP contribution >= 0.6 is 27.5 Å². The Morgan fingerprint density at radius 1 is 1.04 bits per heavy atom. The summed E-state index contributed by atoms with van der Waals surface area (Å²) >= 11 is 9.66. The molecule has 0 radical (unpaired) electrons. The number of fused-ring (bicyclic) bond motifs is 1. The van der Waals surface area contributed by atoms with Gasteiger partial charge in [0.05, 0.1) is 29.4 Å². The summed E-state index contributed by atoms with van der Waals surface area (Å²) < 4.78 is 16.9. The number of ether oxygens (including phenoxy) is 3. The first kappa shape index (κ1) is 19.3. The fraction of sp³-hybridized carbons (Fsp3) is 0.150. The van der Waals surface area contributed by atoms with Crippen molar-refractivity contribution in [2.45, 2.75) is 0 Å². The van der Waals surface area contributed by atoms with E-state index in [9.17, 15) is 4.79 Å². The number of benzene rings is 3. The molecule has 0 aromatic heterocycles. The molecule has 0 aliphatic rings. The van der Waals surface area contributed by atoms with Crippen LogP contribution in [0.2, 0.25) is 5.02 Å². The van der Waals surface area contributed by atoms with Gasteiger partial charge in [-0.15, -0.1) is 0 Å². The van der Waals surface area contributed by atoms with Crippen molar-refractivity contribution in [3.63, 3.8) is 0 Å². The molecular weight excluding hydrogens is 434 g/mol. The number of carbonyl (C=O) groups is 1. The third-order valence-corrected chi connectivity index (χ3v) is 5.05. The lowest BCUT2D eigenvalue weighted by Gasteiger charge is -2.14. The number of rotatable bonds is 6. The van der Waals surface area contributed by atoms with Gasteiger partial charge in [0.2, 0.25) is 0 Å². The lowest BCUT2D eigenvalue weighted by molar-refractivity contribution is -0.118. The topological polar surface area (TPSA) is 56.8 Å². The van der Waals surface area contributed by atoms with Crippen molar-refractivity contribution in [1.29, 1.82) is 0 Å². The van der Waals surface area contributed by atoms with Crippen LogP contribution in [0.4, 0.5) is 5.69 Å². The highest BCUT2D eigenvalue weighted by Crippen LogP contribution is 2.36. The van der Waals surface area contributed by atoms with Crippen molar-refractivity contribution in [3.05, 3.63) is 58.0 Å². The van der Waals surface area contributed by atoms with E-state index < -0.39 is 0 Å². The zero-order valence-electron chi connectivity index (χ0n) is 14.7. The van der Waals surface area contributed by atoms with Crippen molar-refractivity contribution in [2.75, 3.05) is 26.1 Å². The Kier molecular flexibility index (Phi) is 6.08. The maximum absolute atomic E-state index is 12.3.